The molecule has 0 atom stereocenters. The van der Waals surface area contributed by atoms with E-state index in [9.17, 15) is 0 Å². The lowest BCUT2D eigenvalue weighted by Crippen LogP contribution is -1.81. The summed E-state index contributed by atoms with van der Waals surface area (Å²) in [6.07, 6.45) is 0. The molecule has 54 valence electrons. The van der Waals surface area contributed by atoms with Crippen molar-refractivity contribution in [1.29, 1.82) is 0 Å². The first-order valence-corrected chi connectivity index (χ1v) is 5.87. The van der Waals surface area contributed by atoms with E-state index in [2.05, 4.69) is 0 Å². The third kappa shape index (κ3) is 6.73. The van der Waals surface area contributed by atoms with Crippen molar-refractivity contribution < 1.29 is 4.74 Å². The van der Waals surface area contributed by atoms with E-state index in [4.69, 9.17) is 38.8 Å². The summed E-state index contributed by atoms with van der Waals surface area (Å²) in [5, 5.41) is 0.272. The highest BCUT2D eigenvalue weighted by Gasteiger charge is 1.95. The van der Waals surface area contributed by atoms with Crippen LogP contribution in [0, 0.1) is 0 Å². The summed E-state index contributed by atoms with van der Waals surface area (Å²) < 4.78 is 4.83. The number of hydrogen-bond acceptors (Lipinski definition) is 1. The van der Waals surface area contributed by atoms with Gasteiger partial charge in [-0.15, -0.1) is 0 Å². The molecule has 0 aliphatic carbocycles. The molecule has 0 radical (unpaired) electrons. The molecule has 0 aliphatic heterocycles. The second kappa shape index (κ2) is 5.61. The van der Waals surface area contributed by atoms with Gasteiger partial charge in [-0.3, -0.25) is 0 Å². The molecule has 0 aromatic heterocycles. The molecule has 0 spiro atoms. The number of hydrogen-bond donors (Lipinski definition) is 0. The van der Waals surface area contributed by atoms with E-state index in [-0.39, 0.29) is 5.22 Å². The zero-order valence-electron chi connectivity index (χ0n) is 4.77. The third-order valence-electron chi connectivity index (χ3n) is 0.481. The standard InChI is InChI=1S/C4H6Cl3OP/c1-2-8-4(5)3-9(6)7/h3H,2H2,1H3/b4-3+. The van der Waals surface area contributed by atoms with Crippen molar-refractivity contribution in [3.8, 4) is 0 Å². The SMILES string of the molecule is CCO/C(Cl)=C/P(Cl)Cl. The lowest BCUT2D eigenvalue weighted by atomic mass is 10.9. The van der Waals surface area contributed by atoms with Gasteiger partial charge in [-0.05, 0) is 18.5 Å². The minimum Gasteiger partial charge on any atom is -0.483 e. The molecule has 0 fully saturated rings. The summed E-state index contributed by atoms with van der Waals surface area (Å²) in [4.78, 5) is 0. The number of rotatable bonds is 3. The maximum atomic E-state index is 5.46. The monoisotopic (exact) mass is 206 g/mol. The fourth-order valence-corrected chi connectivity index (χ4v) is 1.71. The molecule has 0 saturated heterocycles. The smallest absolute Gasteiger partial charge is 0.189 e. The molecular formula is C4H6Cl3OP. The molecule has 0 N–H and O–H groups in total. The summed E-state index contributed by atoms with van der Waals surface area (Å²) in [6.45, 7) is 1.24. The van der Waals surface area contributed by atoms with Crippen LogP contribution < -0.4 is 0 Å². The highest BCUT2D eigenvalue weighted by atomic mass is 35.9. The predicted molar refractivity (Wildman–Crippen MR) is 44.2 cm³/mol. The molecule has 9 heavy (non-hydrogen) atoms. The summed E-state index contributed by atoms with van der Waals surface area (Å²) in [5.74, 6) is 1.48. The second-order valence-corrected chi connectivity index (χ2v) is 4.98. The molecule has 0 saturated carbocycles. The Morgan fingerprint density at radius 3 is 2.56 bits per heavy atom. The van der Waals surface area contributed by atoms with Crippen LogP contribution >= 0.6 is 40.7 Å². The fraction of sp³-hybridized carbons (Fsp3) is 0.500. The summed E-state index contributed by atoms with van der Waals surface area (Å²) in [6, 6.07) is 0. The summed E-state index contributed by atoms with van der Waals surface area (Å²) in [7, 11) is 0. The Balaban J connectivity index is 3.55. The van der Waals surface area contributed by atoms with Crippen LogP contribution in [0.3, 0.4) is 0 Å². The molecule has 0 aromatic rings. The molecule has 0 rings (SSSR count). The Bertz CT molecular complexity index is 104. The van der Waals surface area contributed by atoms with E-state index in [1.165, 1.54) is 5.82 Å². The molecular weight excluding hydrogens is 201 g/mol. The first kappa shape index (κ1) is 9.84. The van der Waals surface area contributed by atoms with E-state index in [1.54, 1.807) is 0 Å². The van der Waals surface area contributed by atoms with Gasteiger partial charge in [-0.1, -0.05) is 22.5 Å². The lowest BCUT2D eigenvalue weighted by Gasteiger charge is -1.98. The Kier molecular flexibility index (Phi) is 6.14. The highest BCUT2D eigenvalue weighted by molar-refractivity contribution is 8.06. The summed E-state index contributed by atoms with van der Waals surface area (Å²) in [5.41, 5.74) is 0. The van der Waals surface area contributed by atoms with Crippen LogP contribution in [0.15, 0.2) is 11.0 Å². The van der Waals surface area contributed by atoms with Crippen LogP contribution in [0.2, 0.25) is 0 Å². The van der Waals surface area contributed by atoms with Gasteiger partial charge in [0.1, 0.15) is 6.63 Å². The van der Waals surface area contributed by atoms with Gasteiger partial charge in [-0.25, -0.2) is 0 Å². The topological polar surface area (TPSA) is 9.23 Å². The van der Waals surface area contributed by atoms with E-state index >= 15 is 0 Å². The van der Waals surface area contributed by atoms with E-state index in [0.717, 1.165) is 0 Å². The molecule has 5 heteroatoms. The molecule has 0 bridgehead atoms. The van der Waals surface area contributed by atoms with Gasteiger partial charge < -0.3 is 4.74 Å². The van der Waals surface area contributed by atoms with Crippen LogP contribution in [0.5, 0.6) is 0 Å². The van der Waals surface area contributed by atoms with Gasteiger partial charge in [0.15, 0.2) is 5.22 Å². The first-order chi connectivity index (χ1) is 4.16. The Labute approximate surface area is 70.3 Å². The Hall–Kier alpha value is 0.840. The number of halogens is 3. The van der Waals surface area contributed by atoms with Gasteiger partial charge in [-0.2, -0.15) is 0 Å². The molecule has 0 amide bonds. The van der Waals surface area contributed by atoms with E-state index < -0.39 is 6.63 Å². The normalized spacial score (nSPS) is 12.3. The number of ether oxygens (including phenoxy) is 1. The van der Waals surface area contributed by atoms with Gasteiger partial charge in [0.05, 0.1) is 6.61 Å². The van der Waals surface area contributed by atoms with Gasteiger partial charge in [0, 0.05) is 5.82 Å². The molecule has 0 unspecified atom stereocenters. The quantitative estimate of drug-likeness (QED) is 0.504. The van der Waals surface area contributed by atoms with Gasteiger partial charge >= 0.3 is 0 Å². The minimum atomic E-state index is -1.13. The van der Waals surface area contributed by atoms with E-state index in [1.807, 2.05) is 6.92 Å². The molecule has 0 heterocycles. The average molecular weight is 207 g/mol. The van der Waals surface area contributed by atoms with Crippen LogP contribution in [0.1, 0.15) is 6.92 Å². The molecule has 0 aliphatic rings. The van der Waals surface area contributed by atoms with E-state index in [0.29, 0.717) is 6.61 Å². The highest BCUT2D eigenvalue weighted by Crippen LogP contribution is 2.49. The van der Waals surface area contributed by atoms with Crippen molar-refractivity contribution in [2.75, 3.05) is 6.61 Å². The van der Waals surface area contributed by atoms with Crippen molar-refractivity contribution >= 4 is 40.7 Å². The minimum absolute atomic E-state index is 0.272. The maximum Gasteiger partial charge on any atom is 0.189 e. The molecule has 1 nitrogen and oxygen atoms in total. The Morgan fingerprint density at radius 1 is 1.67 bits per heavy atom. The van der Waals surface area contributed by atoms with Crippen molar-refractivity contribution in [2.45, 2.75) is 6.92 Å². The van der Waals surface area contributed by atoms with Crippen molar-refractivity contribution in [1.82, 2.24) is 0 Å². The van der Waals surface area contributed by atoms with Crippen molar-refractivity contribution in [3.05, 3.63) is 11.0 Å². The largest absolute Gasteiger partial charge is 0.483 e. The fourth-order valence-electron chi connectivity index (χ4n) is 0.252. The average Bonchev–Trinajstić information content (AvgIpc) is 1.63. The summed E-state index contributed by atoms with van der Waals surface area (Å²) >= 11 is 16.3. The zero-order chi connectivity index (χ0) is 7.28. The van der Waals surface area contributed by atoms with Crippen molar-refractivity contribution in [2.24, 2.45) is 0 Å². The van der Waals surface area contributed by atoms with Gasteiger partial charge in [0.2, 0.25) is 0 Å². The maximum absolute atomic E-state index is 5.46. The molecule has 0 aromatic carbocycles. The van der Waals surface area contributed by atoms with Crippen LogP contribution in [0.4, 0.5) is 0 Å². The second-order valence-electron chi connectivity index (χ2n) is 1.13. The zero-order valence-corrected chi connectivity index (χ0v) is 7.94. The predicted octanol–water partition coefficient (Wildman–Crippen LogP) is 3.85. The third-order valence-corrected chi connectivity index (χ3v) is 1.87. The van der Waals surface area contributed by atoms with Gasteiger partial charge in [0.25, 0.3) is 0 Å². The van der Waals surface area contributed by atoms with Crippen LogP contribution in [0.25, 0.3) is 0 Å². The van der Waals surface area contributed by atoms with Crippen molar-refractivity contribution in [3.63, 3.8) is 0 Å². The lowest BCUT2D eigenvalue weighted by molar-refractivity contribution is 0.256. The first-order valence-electron chi connectivity index (χ1n) is 2.27. The van der Waals surface area contributed by atoms with Crippen LogP contribution in [-0.2, 0) is 4.74 Å². The van der Waals surface area contributed by atoms with Crippen LogP contribution in [-0.4, -0.2) is 6.61 Å². The Morgan fingerprint density at radius 2 is 2.22 bits per heavy atom.